The maximum absolute atomic E-state index is 12.7. The first-order chi connectivity index (χ1) is 16.9. The van der Waals surface area contributed by atoms with Crippen molar-refractivity contribution in [2.75, 3.05) is 31.6 Å². The van der Waals surface area contributed by atoms with E-state index in [0.717, 1.165) is 43.6 Å². The third-order valence-electron chi connectivity index (χ3n) is 6.33. The van der Waals surface area contributed by atoms with Crippen molar-refractivity contribution < 1.29 is 22.8 Å². The van der Waals surface area contributed by atoms with Crippen LogP contribution in [0.15, 0.2) is 48.5 Å². The van der Waals surface area contributed by atoms with Crippen LogP contribution in [0.2, 0.25) is 0 Å². The lowest BCUT2D eigenvalue weighted by Crippen LogP contribution is -2.38. The standard InChI is InChI=1S/C14H16F3NO.C12H16N2O.C2H6/c1-10-7-11(9-12(8-10)14(15,16)17)13(19)18-5-3-2-4-6-18;1-12(2)9-14(11(15)13(12)3)10-7-5-4-6-8-10;1-2/h7-9H,2-6H2,1H3;4-8H,9H2,1-3H3;1-2H3. The van der Waals surface area contributed by atoms with E-state index in [1.807, 2.05) is 56.1 Å². The molecule has 2 saturated heterocycles. The molecule has 0 atom stereocenters. The van der Waals surface area contributed by atoms with Gasteiger partial charge < -0.3 is 9.80 Å². The van der Waals surface area contributed by atoms with Gasteiger partial charge in [-0.2, -0.15) is 13.2 Å². The molecular formula is C28H38F3N3O2. The van der Waals surface area contributed by atoms with Crippen LogP contribution in [0.1, 0.15) is 68.4 Å². The van der Waals surface area contributed by atoms with Crippen molar-refractivity contribution in [3.63, 3.8) is 0 Å². The maximum Gasteiger partial charge on any atom is 0.416 e. The van der Waals surface area contributed by atoms with Crippen molar-refractivity contribution in [2.45, 2.75) is 65.6 Å². The highest BCUT2D eigenvalue weighted by molar-refractivity contribution is 5.95. The number of likely N-dealkylation sites (tertiary alicyclic amines) is 1. The number of rotatable bonds is 2. The molecule has 8 heteroatoms. The van der Waals surface area contributed by atoms with Gasteiger partial charge >= 0.3 is 12.2 Å². The van der Waals surface area contributed by atoms with E-state index in [1.54, 1.807) is 16.7 Å². The van der Waals surface area contributed by atoms with Gasteiger partial charge in [0, 0.05) is 31.4 Å². The summed E-state index contributed by atoms with van der Waals surface area (Å²) in [6, 6.07) is 13.4. The fourth-order valence-corrected chi connectivity index (χ4v) is 4.16. The van der Waals surface area contributed by atoms with Gasteiger partial charge in [0.25, 0.3) is 5.91 Å². The smallest absolute Gasteiger partial charge is 0.339 e. The number of alkyl halides is 3. The summed E-state index contributed by atoms with van der Waals surface area (Å²) < 4.78 is 38.2. The van der Waals surface area contributed by atoms with Crippen molar-refractivity contribution in [2.24, 2.45) is 0 Å². The molecule has 0 radical (unpaired) electrons. The molecule has 4 rings (SSSR count). The number of anilines is 1. The van der Waals surface area contributed by atoms with Gasteiger partial charge in [-0.1, -0.05) is 32.0 Å². The molecular weight excluding hydrogens is 467 g/mol. The van der Waals surface area contributed by atoms with E-state index in [4.69, 9.17) is 0 Å². The zero-order valence-corrected chi connectivity index (χ0v) is 22.2. The zero-order valence-electron chi connectivity index (χ0n) is 22.2. The number of benzene rings is 2. The normalized spacial score (nSPS) is 17.1. The summed E-state index contributed by atoms with van der Waals surface area (Å²) in [5.74, 6) is -0.297. The minimum absolute atomic E-state index is 0.0752. The van der Waals surface area contributed by atoms with E-state index in [9.17, 15) is 22.8 Å². The van der Waals surface area contributed by atoms with Crippen molar-refractivity contribution in [3.8, 4) is 0 Å². The van der Waals surface area contributed by atoms with Gasteiger partial charge in [-0.3, -0.25) is 9.69 Å². The Labute approximate surface area is 212 Å². The van der Waals surface area contributed by atoms with Crippen LogP contribution in [0, 0.1) is 6.92 Å². The first-order valence-electron chi connectivity index (χ1n) is 12.5. The Bertz CT molecular complexity index is 1020. The minimum atomic E-state index is -4.41. The van der Waals surface area contributed by atoms with Gasteiger partial charge in [0.1, 0.15) is 0 Å². The van der Waals surface area contributed by atoms with Crippen molar-refractivity contribution in [1.29, 1.82) is 0 Å². The number of amides is 3. The van der Waals surface area contributed by atoms with E-state index in [-0.39, 0.29) is 23.0 Å². The Morgan fingerprint density at radius 3 is 2.03 bits per heavy atom. The van der Waals surface area contributed by atoms with E-state index < -0.39 is 11.7 Å². The molecule has 0 aliphatic carbocycles. The van der Waals surface area contributed by atoms with E-state index in [0.29, 0.717) is 18.7 Å². The number of carbonyl (C=O) groups excluding carboxylic acids is 2. The quantitative estimate of drug-likeness (QED) is 0.441. The van der Waals surface area contributed by atoms with Crippen LogP contribution in [0.5, 0.6) is 0 Å². The molecule has 2 fully saturated rings. The third-order valence-corrected chi connectivity index (χ3v) is 6.33. The number of aryl methyl sites for hydroxylation is 1. The van der Waals surface area contributed by atoms with Crippen LogP contribution in [-0.2, 0) is 6.18 Å². The number of para-hydroxylation sites is 1. The van der Waals surface area contributed by atoms with E-state index >= 15 is 0 Å². The molecule has 2 aromatic rings. The van der Waals surface area contributed by atoms with Crippen LogP contribution >= 0.6 is 0 Å². The first-order valence-corrected chi connectivity index (χ1v) is 12.5. The molecule has 2 aromatic carbocycles. The summed E-state index contributed by atoms with van der Waals surface area (Å²) in [5.41, 5.74) is 0.713. The molecule has 198 valence electrons. The second kappa shape index (κ2) is 12.3. The summed E-state index contributed by atoms with van der Waals surface area (Å²) in [7, 11) is 1.85. The Balaban J connectivity index is 0.000000243. The average molecular weight is 506 g/mol. The monoisotopic (exact) mass is 505 g/mol. The Hall–Kier alpha value is -3.03. The van der Waals surface area contributed by atoms with Gasteiger partial charge in [0.15, 0.2) is 0 Å². The summed E-state index contributed by atoms with van der Waals surface area (Å²) in [5, 5.41) is 0. The molecule has 0 unspecified atom stereocenters. The van der Waals surface area contributed by atoms with Crippen molar-refractivity contribution in [3.05, 3.63) is 65.2 Å². The second-order valence-electron chi connectivity index (χ2n) is 9.51. The Morgan fingerprint density at radius 1 is 0.944 bits per heavy atom. The number of likely N-dealkylation sites (N-methyl/N-ethyl adjacent to an activating group) is 1. The van der Waals surface area contributed by atoms with Crippen LogP contribution in [0.4, 0.5) is 23.7 Å². The summed E-state index contributed by atoms with van der Waals surface area (Å²) in [6.45, 7) is 11.7. The number of urea groups is 1. The highest BCUT2D eigenvalue weighted by Crippen LogP contribution is 2.31. The molecule has 0 N–H and O–H groups in total. The topological polar surface area (TPSA) is 43.9 Å². The van der Waals surface area contributed by atoms with Gasteiger partial charge in [-0.15, -0.1) is 0 Å². The molecule has 3 amide bonds. The molecule has 5 nitrogen and oxygen atoms in total. The van der Waals surface area contributed by atoms with E-state index in [2.05, 4.69) is 13.8 Å². The SMILES string of the molecule is CC.CN1C(=O)N(c2ccccc2)CC1(C)C.Cc1cc(C(=O)N2CCCCC2)cc(C(F)(F)F)c1. The van der Waals surface area contributed by atoms with Crippen LogP contribution < -0.4 is 4.90 Å². The number of piperidine rings is 1. The lowest BCUT2D eigenvalue weighted by atomic mass is 10.0. The largest absolute Gasteiger partial charge is 0.416 e. The van der Waals surface area contributed by atoms with Gasteiger partial charge in [-0.25, -0.2) is 4.79 Å². The summed E-state index contributed by atoms with van der Waals surface area (Å²) in [4.78, 5) is 29.4. The molecule has 0 bridgehead atoms. The van der Waals surface area contributed by atoms with Gasteiger partial charge in [0.2, 0.25) is 0 Å². The van der Waals surface area contributed by atoms with E-state index in [1.165, 1.54) is 6.07 Å². The number of hydrogen-bond donors (Lipinski definition) is 0. The Kier molecular flexibility index (Phi) is 9.96. The summed E-state index contributed by atoms with van der Waals surface area (Å²) in [6.07, 6.45) is -1.50. The lowest BCUT2D eigenvalue weighted by Gasteiger charge is -2.27. The molecule has 2 aliphatic rings. The molecule has 36 heavy (non-hydrogen) atoms. The molecule has 0 saturated carbocycles. The summed E-state index contributed by atoms with van der Waals surface area (Å²) >= 11 is 0. The fourth-order valence-electron chi connectivity index (χ4n) is 4.16. The zero-order chi connectivity index (χ0) is 27.1. The molecule has 0 aromatic heterocycles. The van der Waals surface area contributed by atoms with Crippen molar-refractivity contribution >= 4 is 17.6 Å². The fraction of sp³-hybridized carbons (Fsp3) is 0.500. The highest BCUT2D eigenvalue weighted by Gasteiger charge is 2.41. The maximum atomic E-state index is 12.7. The number of halogens is 3. The highest BCUT2D eigenvalue weighted by atomic mass is 19.4. The molecule has 2 heterocycles. The van der Waals surface area contributed by atoms with Gasteiger partial charge in [0.05, 0.1) is 17.6 Å². The first kappa shape index (κ1) is 29.2. The third kappa shape index (κ3) is 7.24. The predicted octanol–water partition coefficient (Wildman–Crippen LogP) is 7.00. The Morgan fingerprint density at radius 2 is 1.53 bits per heavy atom. The minimum Gasteiger partial charge on any atom is -0.339 e. The number of nitrogens with zero attached hydrogens (tertiary/aromatic N) is 3. The molecule has 2 aliphatic heterocycles. The number of carbonyl (C=O) groups is 2. The van der Waals surface area contributed by atoms with Gasteiger partial charge in [-0.05, 0) is 75.9 Å². The average Bonchev–Trinajstić information content (AvgIpc) is 3.08. The number of hydrogen-bond acceptors (Lipinski definition) is 2. The van der Waals surface area contributed by atoms with Crippen LogP contribution in [-0.4, -0.2) is 54.0 Å². The second-order valence-corrected chi connectivity index (χ2v) is 9.51. The van der Waals surface area contributed by atoms with Crippen LogP contribution in [0.3, 0.4) is 0 Å². The van der Waals surface area contributed by atoms with Crippen LogP contribution in [0.25, 0.3) is 0 Å². The molecule has 0 spiro atoms. The van der Waals surface area contributed by atoms with Crippen molar-refractivity contribution in [1.82, 2.24) is 9.80 Å². The lowest BCUT2D eigenvalue weighted by molar-refractivity contribution is -0.137. The predicted molar refractivity (Wildman–Crippen MR) is 138 cm³/mol.